The predicted octanol–water partition coefficient (Wildman–Crippen LogP) is 0.879. The first-order valence-corrected chi connectivity index (χ1v) is 7.00. The van der Waals surface area contributed by atoms with Crippen LogP contribution in [0.15, 0.2) is 47.9 Å². The molecule has 0 unspecified atom stereocenters. The molecule has 0 aromatic carbocycles. The molecule has 2 rings (SSSR count). The molecule has 2 aromatic rings. The van der Waals surface area contributed by atoms with Crippen molar-refractivity contribution in [2.24, 2.45) is 0 Å². The summed E-state index contributed by atoms with van der Waals surface area (Å²) in [5, 5.41) is 0. The fourth-order valence-electron chi connectivity index (χ4n) is 1.60. The summed E-state index contributed by atoms with van der Waals surface area (Å²) in [6.45, 7) is 0.249. The van der Waals surface area contributed by atoms with Crippen LogP contribution in [0.2, 0.25) is 0 Å². The molecule has 0 atom stereocenters. The van der Waals surface area contributed by atoms with E-state index in [2.05, 4.69) is 9.97 Å². The van der Waals surface area contributed by atoms with Crippen LogP contribution in [0.1, 0.15) is 5.56 Å². The Morgan fingerprint density at radius 3 is 2.42 bits per heavy atom. The summed E-state index contributed by atoms with van der Waals surface area (Å²) in [7, 11) is -2.14. The van der Waals surface area contributed by atoms with Gasteiger partial charge in [0, 0.05) is 38.4 Å². The second-order valence-corrected chi connectivity index (χ2v) is 6.04. The minimum atomic E-state index is -3.64. The molecule has 0 aliphatic heterocycles. The lowest BCUT2D eigenvalue weighted by Gasteiger charge is -2.17. The fourth-order valence-corrected chi connectivity index (χ4v) is 2.82. The van der Waals surface area contributed by atoms with E-state index < -0.39 is 10.0 Å². The highest BCUT2D eigenvalue weighted by molar-refractivity contribution is 7.89. The Bertz CT molecular complexity index is 658. The van der Waals surface area contributed by atoms with Gasteiger partial charge in [-0.3, -0.25) is 9.97 Å². The Hall–Kier alpha value is -1.99. The lowest BCUT2D eigenvalue weighted by Crippen LogP contribution is -2.27. The van der Waals surface area contributed by atoms with Crippen molar-refractivity contribution in [3.05, 3.63) is 48.5 Å². The van der Waals surface area contributed by atoms with Crippen LogP contribution in [0.25, 0.3) is 0 Å². The van der Waals surface area contributed by atoms with Gasteiger partial charge in [-0.2, -0.15) is 4.31 Å². The number of hydrogen-bond acceptors (Lipinski definition) is 5. The van der Waals surface area contributed by atoms with E-state index in [-0.39, 0.29) is 17.1 Å². The largest absolute Gasteiger partial charge is 0.398 e. The van der Waals surface area contributed by atoms with E-state index in [0.717, 1.165) is 5.56 Å². The first-order valence-electron chi connectivity index (χ1n) is 5.56. The van der Waals surface area contributed by atoms with Crippen molar-refractivity contribution >= 4 is 15.7 Å². The number of nitrogens with zero attached hydrogens (tertiary/aromatic N) is 3. The smallest absolute Gasteiger partial charge is 0.246 e. The van der Waals surface area contributed by atoms with Gasteiger partial charge in [-0.1, -0.05) is 0 Å². The molecule has 0 saturated heterocycles. The standard InChI is InChI=1S/C12H14N4O2S/c1-16(9-10-2-5-14-6-3-10)19(17,18)12-8-15-7-4-11(12)13/h2-8H,9H2,1H3,(H2,13,15). The van der Waals surface area contributed by atoms with E-state index >= 15 is 0 Å². The van der Waals surface area contributed by atoms with Gasteiger partial charge >= 0.3 is 0 Å². The van der Waals surface area contributed by atoms with Gasteiger partial charge in [-0.25, -0.2) is 8.42 Å². The van der Waals surface area contributed by atoms with Crippen LogP contribution < -0.4 is 5.73 Å². The number of pyridine rings is 2. The quantitative estimate of drug-likeness (QED) is 0.896. The van der Waals surface area contributed by atoms with Gasteiger partial charge in [-0.05, 0) is 23.8 Å². The van der Waals surface area contributed by atoms with Crippen LogP contribution in [0.4, 0.5) is 5.69 Å². The molecule has 6 nitrogen and oxygen atoms in total. The van der Waals surface area contributed by atoms with Gasteiger partial charge in [-0.15, -0.1) is 0 Å². The molecule has 0 bridgehead atoms. The minimum Gasteiger partial charge on any atom is -0.398 e. The molecule has 19 heavy (non-hydrogen) atoms. The SMILES string of the molecule is CN(Cc1ccncc1)S(=O)(=O)c1cnccc1N. The Morgan fingerprint density at radius 1 is 1.16 bits per heavy atom. The maximum atomic E-state index is 12.3. The maximum Gasteiger partial charge on any atom is 0.246 e. The number of rotatable bonds is 4. The molecule has 0 radical (unpaired) electrons. The van der Waals surface area contributed by atoms with Crippen molar-refractivity contribution in [1.82, 2.24) is 14.3 Å². The van der Waals surface area contributed by atoms with Crippen molar-refractivity contribution < 1.29 is 8.42 Å². The summed E-state index contributed by atoms with van der Waals surface area (Å²) in [6, 6.07) is 4.99. The third-order valence-corrected chi connectivity index (χ3v) is 4.51. The van der Waals surface area contributed by atoms with E-state index in [1.54, 1.807) is 24.5 Å². The molecule has 0 saturated carbocycles. The monoisotopic (exact) mass is 278 g/mol. The second kappa shape index (κ2) is 5.33. The Kier molecular flexibility index (Phi) is 3.77. The van der Waals surface area contributed by atoms with Gasteiger partial charge in [0.2, 0.25) is 10.0 Å². The Labute approximate surface area is 112 Å². The summed E-state index contributed by atoms with van der Waals surface area (Å²) in [6.07, 6.45) is 5.95. The number of anilines is 1. The zero-order valence-electron chi connectivity index (χ0n) is 10.4. The fraction of sp³-hybridized carbons (Fsp3) is 0.167. The topological polar surface area (TPSA) is 89.2 Å². The first kappa shape index (κ1) is 13.4. The minimum absolute atomic E-state index is 0.0200. The molecule has 0 fully saturated rings. The van der Waals surface area contributed by atoms with E-state index in [9.17, 15) is 8.42 Å². The summed E-state index contributed by atoms with van der Waals surface area (Å²) in [4.78, 5) is 7.71. The zero-order chi connectivity index (χ0) is 13.9. The highest BCUT2D eigenvalue weighted by Crippen LogP contribution is 2.21. The molecule has 2 aromatic heterocycles. The normalized spacial score (nSPS) is 11.7. The third-order valence-electron chi connectivity index (χ3n) is 2.66. The summed E-state index contributed by atoms with van der Waals surface area (Å²) < 4.78 is 25.9. The van der Waals surface area contributed by atoms with E-state index in [1.165, 1.54) is 29.8 Å². The molecule has 0 spiro atoms. The molecular weight excluding hydrogens is 264 g/mol. The first-order chi connectivity index (χ1) is 9.01. The molecule has 0 aliphatic carbocycles. The maximum absolute atomic E-state index is 12.3. The summed E-state index contributed by atoms with van der Waals surface area (Å²) >= 11 is 0. The lowest BCUT2D eigenvalue weighted by atomic mass is 10.3. The third kappa shape index (κ3) is 2.88. The number of hydrogen-bond donors (Lipinski definition) is 1. The van der Waals surface area contributed by atoms with Crippen LogP contribution in [0, 0.1) is 0 Å². The van der Waals surface area contributed by atoms with Crippen molar-refractivity contribution in [3.63, 3.8) is 0 Å². The van der Waals surface area contributed by atoms with Crippen LogP contribution in [-0.4, -0.2) is 29.7 Å². The van der Waals surface area contributed by atoms with Crippen molar-refractivity contribution in [2.45, 2.75) is 11.4 Å². The molecule has 2 heterocycles. The van der Waals surface area contributed by atoms with Crippen molar-refractivity contribution in [2.75, 3.05) is 12.8 Å². The summed E-state index contributed by atoms with van der Waals surface area (Å²) in [5.74, 6) is 0. The van der Waals surface area contributed by atoms with Gasteiger partial charge in [0.15, 0.2) is 0 Å². The highest BCUT2D eigenvalue weighted by atomic mass is 32.2. The Balaban J connectivity index is 2.28. The van der Waals surface area contributed by atoms with E-state index in [4.69, 9.17) is 5.73 Å². The van der Waals surface area contributed by atoms with E-state index in [1.807, 2.05) is 0 Å². The molecular formula is C12H14N4O2S. The van der Waals surface area contributed by atoms with Crippen LogP contribution >= 0.6 is 0 Å². The van der Waals surface area contributed by atoms with Gasteiger partial charge in [0.1, 0.15) is 4.90 Å². The number of aromatic nitrogens is 2. The summed E-state index contributed by atoms with van der Waals surface area (Å²) in [5.41, 5.74) is 6.72. The van der Waals surface area contributed by atoms with Gasteiger partial charge in [0.05, 0.1) is 5.69 Å². The molecule has 7 heteroatoms. The second-order valence-electron chi connectivity index (χ2n) is 4.03. The van der Waals surface area contributed by atoms with Gasteiger partial charge < -0.3 is 5.73 Å². The molecule has 0 aliphatic rings. The molecule has 2 N–H and O–H groups in total. The van der Waals surface area contributed by atoms with Crippen LogP contribution in [0.5, 0.6) is 0 Å². The van der Waals surface area contributed by atoms with Gasteiger partial charge in [0.25, 0.3) is 0 Å². The van der Waals surface area contributed by atoms with Crippen molar-refractivity contribution in [3.8, 4) is 0 Å². The lowest BCUT2D eigenvalue weighted by molar-refractivity contribution is 0.466. The number of nitrogen functional groups attached to an aromatic ring is 1. The zero-order valence-corrected chi connectivity index (χ0v) is 11.2. The average Bonchev–Trinajstić information content (AvgIpc) is 2.40. The predicted molar refractivity (Wildman–Crippen MR) is 71.5 cm³/mol. The van der Waals surface area contributed by atoms with Crippen molar-refractivity contribution in [1.29, 1.82) is 0 Å². The average molecular weight is 278 g/mol. The Morgan fingerprint density at radius 2 is 1.79 bits per heavy atom. The number of sulfonamides is 1. The molecule has 0 amide bonds. The van der Waals surface area contributed by atoms with Crippen LogP contribution in [0.3, 0.4) is 0 Å². The number of nitrogens with two attached hydrogens (primary N) is 1. The van der Waals surface area contributed by atoms with Crippen LogP contribution in [-0.2, 0) is 16.6 Å². The molecule has 100 valence electrons. The van der Waals surface area contributed by atoms with E-state index in [0.29, 0.717) is 0 Å². The highest BCUT2D eigenvalue weighted by Gasteiger charge is 2.23.